The Bertz CT molecular complexity index is 598. The fourth-order valence-corrected chi connectivity index (χ4v) is 3.00. The van der Waals surface area contributed by atoms with E-state index in [1.165, 1.54) is 0 Å². The standard InChI is InChI=1S/C19H27N3O3/c1-2-11-20-19(24)22-12-3-4-16(22)13-25-17-9-5-14(6-10-17)18(23)21-15-7-8-15/h5-6,9-10,15-16H,2-4,7-8,11-13H2,1H3,(H,20,24)(H,21,23). The molecule has 1 saturated heterocycles. The average Bonchev–Trinajstić information content (AvgIpc) is 3.31. The van der Waals surface area contributed by atoms with Gasteiger partial charge in [0.05, 0.1) is 6.04 Å². The van der Waals surface area contributed by atoms with Gasteiger partial charge in [0.1, 0.15) is 12.4 Å². The maximum Gasteiger partial charge on any atom is 0.317 e. The van der Waals surface area contributed by atoms with Crippen LogP contribution in [0.4, 0.5) is 4.79 Å². The third kappa shape index (κ3) is 4.87. The number of likely N-dealkylation sites (tertiary alicyclic amines) is 1. The number of nitrogens with zero attached hydrogens (tertiary/aromatic N) is 1. The Morgan fingerprint density at radius 2 is 1.96 bits per heavy atom. The number of benzene rings is 1. The highest BCUT2D eigenvalue weighted by Gasteiger charge is 2.29. The molecule has 25 heavy (non-hydrogen) atoms. The summed E-state index contributed by atoms with van der Waals surface area (Å²) >= 11 is 0. The van der Waals surface area contributed by atoms with Crippen LogP contribution < -0.4 is 15.4 Å². The Hall–Kier alpha value is -2.24. The van der Waals surface area contributed by atoms with Crippen LogP contribution in [0, 0.1) is 0 Å². The monoisotopic (exact) mass is 345 g/mol. The van der Waals surface area contributed by atoms with Crippen LogP contribution in [-0.4, -0.2) is 48.6 Å². The van der Waals surface area contributed by atoms with Crippen molar-refractivity contribution in [1.29, 1.82) is 0 Å². The van der Waals surface area contributed by atoms with Gasteiger partial charge in [0.25, 0.3) is 5.91 Å². The first-order chi connectivity index (χ1) is 12.2. The van der Waals surface area contributed by atoms with Crippen molar-refractivity contribution in [3.63, 3.8) is 0 Å². The van der Waals surface area contributed by atoms with Gasteiger partial charge in [-0.2, -0.15) is 0 Å². The Morgan fingerprint density at radius 3 is 2.64 bits per heavy atom. The average molecular weight is 345 g/mol. The van der Waals surface area contributed by atoms with Crippen molar-refractivity contribution in [2.24, 2.45) is 0 Å². The second-order valence-corrected chi connectivity index (χ2v) is 6.80. The minimum atomic E-state index is -0.0244. The number of urea groups is 1. The summed E-state index contributed by atoms with van der Waals surface area (Å²) in [6, 6.07) is 7.67. The minimum absolute atomic E-state index is 0.0000416. The fourth-order valence-electron chi connectivity index (χ4n) is 3.00. The van der Waals surface area contributed by atoms with Crippen molar-refractivity contribution >= 4 is 11.9 Å². The molecule has 1 aliphatic carbocycles. The quantitative estimate of drug-likeness (QED) is 0.798. The van der Waals surface area contributed by atoms with Gasteiger partial charge in [0, 0.05) is 24.7 Å². The van der Waals surface area contributed by atoms with Crippen molar-refractivity contribution in [3.05, 3.63) is 29.8 Å². The number of ether oxygens (including phenoxy) is 1. The summed E-state index contributed by atoms with van der Waals surface area (Å²) in [4.78, 5) is 26.0. The molecule has 136 valence electrons. The molecular weight excluding hydrogens is 318 g/mol. The van der Waals surface area contributed by atoms with Crippen LogP contribution in [0.2, 0.25) is 0 Å². The van der Waals surface area contributed by atoms with Gasteiger partial charge in [-0.1, -0.05) is 6.92 Å². The molecule has 1 atom stereocenters. The number of hydrogen-bond acceptors (Lipinski definition) is 3. The summed E-state index contributed by atoms with van der Waals surface area (Å²) in [5.41, 5.74) is 0.653. The lowest BCUT2D eigenvalue weighted by Gasteiger charge is -2.25. The van der Waals surface area contributed by atoms with Gasteiger partial charge in [-0.15, -0.1) is 0 Å². The molecule has 2 fully saturated rings. The van der Waals surface area contributed by atoms with Crippen LogP contribution in [0.1, 0.15) is 49.4 Å². The number of amides is 3. The maximum absolute atomic E-state index is 12.2. The van der Waals surface area contributed by atoms with Crippen molar-refractivity contribution < 1.29 is 14.3 Å². The van der Waals surface area contributed by atoms with E-state index in [2.05, 4.69) is 10.6 Å². The minimum Gasteiger partial charge on any atom is -0.491 e. The molecule has 6 heteroatoms. The second-order valence-electron chi connectivity index (χ2n) is 6.80. The Morgan fingerprint density at radius 1 is 1.20 bits per heavy atom. The predicted molar refractivity (Wildman–Crippen MR) is 95.8 cm³/mol. The van der Waals surface area contributed by atoms with E-state index in [9.17, 15) is 9.59 Å². The van der Waals surface area contributed by atoms with E-state index in [4.69, 9.17) is 4.74 Å². The van der Waals surface area contributed by atoms with Crippen LogP contribution in [0.3, 0.4) is 0 Å². The molecule has 2 N–H and O–H groups in total. The normalized spacial score (nSPS) is 19.6. The Kier molecular flexibility index (Phi) is 5.79. The molecule has 1 saturated carbocycles. The third-order valence-corrected chi connectivity index (χ3v) is 4.64. The molecule has 0 aromatic heterocycles. The summed E-state index contributed by atoms with van der Waals surface area (Å²) in [5, 5.41) is 5.90. The van der Waals surface area contributed by atoms with E-state index in [0.29, 0.717) is 24.8 Å². The van der Waals surface area contributed by atoms with Gasteiger partial charge in [0.2, 0.25) is 0 Å². The summed E-state index contributed by atoms with van der Waals surface area (Å²) in [6.07, 6.45) is 5.06. The molecule has 6 nitrogen and oxygen atoms in total. The van der Waals surface area contributed by atoms with E-state index in [0.717, 1.165) is 44.4 Å². The lowest BCUT2D eigenvalue weighted by molar-refractivity contribution is 0.0951. The van der Waals surface area contributed by atoms with E-state index in [1.807, 2.05) is 24.0 Å². The lowest BCUT2D eigenvalue weighted by Crippen LogP contribution is -2.45. The predicted octanol–water partition coefficient (Wildman–Crippen LogP) is 2.54. The molecule has 3 amide bonds. The number of carbonyl (C=O) groups is 2. The fraction of sp³-hybridized carbons (Fsp3) is 0.579. The Labute approximate surface area is 148 Å². The highest BCUT2D eigenvalue weighted by molar-refractivity contribution is 5.94. The molecule has 1 heterocycles. The molecule has 1 unspecified atom stereocenters. The molecule has 0 radical (unpaired) electrons. The van der Waals surface area contributed by atoms with Crippen molar-refractivity contribution in [3.8, 4) is 5.75 Å². The molecule has 1 aliphatic heterocycles. The van der Waals surface area contributed by atoms with E-state index in [-0.39, 0.29) is 18.0 Å². The van der Waals surface area contributed by atoms with Crippen LogP contribution >= 0.6 is 0 Å². The Balaban J connectivity index is 1.48. The SMILES string of the molecule is CCCNC(=O)N1CCCC1COc1ccc(C(=O)NC2CC2)cc1. The van der Waals surface area contributed by atoms with E-state index in [1.54, 1.807) is 12.1 Å². The number of hydrogen-bond donors (Lipinski definition) is 2. The van der Waals surface area contributed by atoms with Gasteiger partial charge in [0.15, 0.2) is 0 Å². The molecule has 2 aliphatic rings. The zero-order chi connectivity index (χ0) is 17.6. The largest absolute Gasteiger partial charge is 0.491 e. The summed E-state index contributed by atoms with van der Waals surface area (Å²) < 4.78 is 5.85. The third-order valence-electron chi connectivity index (χ3n) is 4.64. The summed E-state index contributed by atoms with van der Waals surface area (Å²) in [5.74, 6) is 0.701. The van der Waals surface area contributed by atoms with Crippen LogP contribution in [-0.2, 0) is 0 Å². The van der Waals surface area contributed by atoms with Crippen LogP contribution in [0.5, 0.6) is 5.75 Å². The number of rotatable bonds is 7. The summed E-state index contributed by atoms with van der Waals surface area (Å²) in [7, 11) is 0. The molecule has 1 aromatic rings. The lowest BCUT2D eigenvalue weighted by atomic mass is 10.2. The van der Waals surface area contributed by atoms with E-state index >= 15 is 0 Å². The topological polar surface area (TPSA) is 70.7 Å². The van der Waals surface area contributed by atoms with Crippen molar-refractivity contribution in [2.75, 3.05) is 19.7 Å². The van der Waals surface area contributed by atoms with Crippen molar-refractivity contribution in [2.45, 2.75) is 51.1 Å². The van der Waals surface area contributed by atoms with Crippen molar-refractivity contribution in [1.82, 2.24) is 15.5 Å². The second kappa shape index (κ2) is 8.23. The van der Waals surface area contributed by atoms with Gasteiger partial charge in [-0.25, -0.2) is 4.79 Å². The van der Waals surface area contributed by atoms with Crippen LogP contribution in [0.25, 0.3) is 0 Å². The van der Waals surface area contributed by atoms with Gasteiger partial charge in [-0.3, -0.25) is 4.79 Å². The highest BCUT2D eigenvalue weighted by Crippen LogP contribution is 2.21. The molecule has 0 spiro atoms. The smallest absolute Gasteiger partial charge is 0.317 e. The van der Waals surface area contributed by atoms with E-state index < -0.39 is 0 Å². The first-order valence-electron chi connectivity index (χ1n) is 9.25. The molecule has 0 bridgehead atoms. The summed E-state index contributed by atoms with van der Waals surface area (Å²) in [6.45, 7) is 4.00. The van der Waals surface area contributed by atoms with Gasteiger partial charge >= 0.3 is 6.03 Å². The molecular formula is C19H27N3O3. The van der Waals surface area contributed by atoms with Crippen LogP contribution in [0.15, 0.2) is 24.3 Å². The molecule has 3 rings (SSSR count). The highest BCUT2D eigenvalue weighted by atomic mass is 16.5. The first kappa shape index (κ1) is 17.6. The number of nitrogens with one attached hydrogen (secondary N) is 2. The van der Waals surface area contributed by atoms with Gasteiger partial charge < -0.3 is 20.3 Å². The van der Waals surface area contributed by atoms with Gasteiger partial charge in [-0.05, 0) is 56.4 Å². The first-order valence-corrected chi connectivity index (χ1v) is 9.25. The zero-order valence-electron chi connectivity index (χ0n) is 14.8. The zero-order valence-corrected chi connectivity index (χ0v) is 14.8. The maximum atomic E-state index is 12.2. The number of carbonyl (C=O) groups excluding carboxylic acids is 2. The molecule has 1 aromatic carbocycles.